The van der Waals surface area contributed by atoms with Crippen LogP contribution in [-0.2, 0) is 4.79 Å². The average molecular weight is 323 g/mol. The van der Waals surface area contributed by atoms with Gasteiger partial charge in [0.15, 0.2) is 0 Å². The number of rotatable bonds is 7. The molecule has 2 rings (SSSR count). The van der Waals surface area contributed by atoms with E-state index in [2.05, 4.69) is 26.1 Å². The zero-order valence-corrected chi connectivity index (χ0v) is 14.6. The van der Waals surface area contributed by atoms with E-state index in [0.717, 1.165) is 29.0 Å². The van der Waals surface area contributed by atoms with Crippen LogP contribution in [0.3, 0.4) is 0 Å². The van der Waals surface area contributed by atoms with Gasteiger partial charge in [-0.15, -0.1) is 0 Å². The van der Waals surface area contributed by atoms with Crippen LogP contribution in [0, 0.1) is 0 Å². The Labute approximate surface area is 144 Å². The Balaban J connectivity index is 1.98. The van der Waals surface area contributed by atoms with Crippen molar-refractivity contribution in [1.82, 2.24) is 0 Å². The van der Waals surface area contributed by atoms with Gasteiger partial charge in [0.1, 0.15) is 5.75 Å². The highest BCUT2D eigenvalue weighted by atomic mass is 16.5. The molecule has 0 unspecified atom stereocenters. The number of benzene rings is 2. The van der Waals surface area contributed by atoms with Gasteiger partial charge in [-0.3, -0.25) is 4.79 Å². The second-order valence-electron chi connectivity index (χ2n) is 5.98. The fourth-order valence-electron chi connectivity index (χ4n) is 2.36. The second kappa shape index (κ2) is 8.92. The van der Waals surface area contributed by atoms with E-state index in [1.807, 2.05) is 48.5 Å². The number of hydrogen-bond acceptors (Lipinski definition) is 2. The molecule has 0 heterocycles. The van der Waals surface area contributed by atoms with Gasteiger partial charge < -0.3 is 10.1 Å². The Morgan fingerprint density at radius 2 is 1.83 bits per heavy atom. The minimum Gasteiger partial charge on any atom is -0.494 e. The van der Waals surface area contributed by atoms with E-state index in [4.69, 9.17) is 4.74 Å². The molecule has 2 aromatic carbocycles. The van der Waals surface area contributed by atoms with Gasteiger partial charge in [0, 0.05) is 11.8 Å². The lowest BCUT2D eigenvalue weighted by Crippen LogP contribution is -2.10. The van der Waals surface area contributed by atoms with Crippen molar-refractivity contribution in [2.24, 2.45) is 0 Å². The summed E-state index contributed by atoms with van der Waals surface area (Å²) in [5.41, 5.74) is 2.97. The van der Waals surface area contributed by atoms with Crippen molar-refractivity contribution < 1.29 is 9.53 Å². The Bertz CT molecular complexity index is 687. The summed E-state index contributed by atoms with van der Waals surface area (Å²) in [4.78, 5) is 12.1. The zero-order chi connectivity index (χ0) is 17.4. The van der Waals surface area contributed by atoms with E-state index in [0.29, 0.717) is 12.5 Å². The normalized spacial score (nSPS) is 11.0. The molecular weight excluding hydrogens is 298 g/mol. The summed E-state index contributed by atoms with van der Waals surface area (Å²) in [6.07, 6.45) is 4.34. The summed E-state index contributed by atoms with van der Waals surface area (Å²) < 4.78 is 5.55. The largest absolute Gasteiger partial charge is 0.494 e. The third-order valence-electron chi connectivity index (χ3n) is 3.62. The molecule has 0 aromatic heterocycles. The fourth-order valence-corrected chi connectivity index (χ4v) is 2.36. The first-order valence-corrected chi connectivity index (χ1v) is 8.41. The average Bonchev–Trinajstić information content (AvgIpc) is 2.59. The van der Waals surface area contributed by atoms with Crippen LogP contribution in [0.25, 0.3) is 6.08 Å². The van der Waals surface area contributed by atoms with Gasteiger partial charge in [0.05, 0.1) is 6.61 Å². The Hall–Kier alpha value is -2.55. The van der Waals surface area contributed by atoms with E-state index < -0.39 is 0 Å². The van der Waals surface area contributed by atoms with Crippen molar-refractivity contribution in [1.29, 1.82) is 0 Å². The highest BCUT2D eigenvalue weighted by Gasteiger charge is 2.07. The zero-order valence-electron chi connectivity index (χ0n) is 14.6. The number of nitrogens with one attached hydrogen (secondary N) is 1. The van der Waals surface area contributed by atoms with Crippen molar-refractivity contribution in [3.63, 3.8) is 0 Å². The van der Waals surface area contributed by atoms with Crippen molar-refractivity contribution in [2.45, 2.75) is 33.1 Å². The maximum Gasteiger partial charge on any atom is 0.248 e. The molecule has 1 amide bonds. The predicted molar refractivity (Wildman–Crippen MR) is 100 cm³/mol. The quantitative estimate of drug-likeness (QED) is 0.707. The Morgan fingerprint density at radius 1 is 1.12 bits per heavy atom. The van der Waals surface area contributed by atoms with Gasteiger partial charge in [-0.2, -0.15) is 0 Å². The second-order valence-corrected chi connectivity index (χ2v) is 5.98. The molecule has 0 atom stereocenters. The first-order valence-electron chi connectivity index (χ1n) is 8.41. The number of carbonyl (C=O) groups excluding carboxylic acids is 1. The van der Waals surface area contributed by atoms with Crippen molar-refractivity contribution in [2.75, 3.05) is 11.9 Å². The van der Waals surface area contributed by atoms with Crippen LogP contribution in [-0.4, -0.2) is 12.5 Å². The van der Waals surface area contributed by atoms with Crippen LogP contribution in [0.15, 0.2) is 54.6 Å². The molecule has 3 nitrogen and oxygen atoms in total. The molecule has 0 aliphatic rings. The molecule has 0 fully saturated rings. The van der Waals surface area contributed by atoms with Gasteiger partial charge in [-0.25, -0.2) is 0 Å². The maximum atomic E-state index is 12.1. The standard InChI is InChI=1S/C21H25NO2/c1-4-15-24-18-12-9-17(10-13-18)11-14-21(23)22-20-8-6-5-7-19(20)16(2)3/h5-14,16H,4,15H2,1-3H3,(H,22,23)/b14-11+. The highest BCUT2D eigenvalue weighted by Crippen LogP contribution is 2.23. The predicted octanol–water partition coefficient (Wildman–Crippen LogP) is 5.25. The Morgan fingerprint density at radius 3 is 2.50 bits per heavy atom. The minimum atomic E-state index is -0.130. The lowest BCUT2D eigenvalue weighted by Gasteiger charge is -2.12. The molecule has 126 valence electrons. The van der Waals surface area contributed by atoms with E-state index in [-0.39, 0.29) is 5.91 Å². The molecule has 2 aromatic rings. The van der Waals surface area contributed by atoms with Crippen LogP contribution >= 0.6 is 0 Å². The van der Waals surface area contributed by atoms with Gasteiger partial charge in [-0.05, 0) is 47.7 Å². The number of para-hydroxylation sites is 1. The maximum absolute atomic E-state index is 12.1. The molecule has 3 heteroatoms. The Kier molecular flexibility index (Phi) is 6.62. The summed E-state index contributed by atoms with van der Waals surface area (Å²) in [7, 11) is 0. The van der Waals surface area contributed by atoms with Gasteiger partial charge in [-0.1, -0.05) is 51.1 Å². The highest BCUT2D eigenvalue weighted by molar-refractivity contribution is 6.02. The molecule has 0 saturated heterocycles. The summed E-state index contributed by atoms with van der Waals surface area (Å²) in [5.74, 6) is 1.08. The lowest BCUT2D eigenvalue weighted by molar-refractivity contribution is -0.111. The van der Waals surface area contributed by atoms with Crippen molar-refractivity contribution in [3.8, 4) is 5.75 Å². The topological polar surface area (TPSA) is 38.3 Å². The van der Waals surface area contributed by atoms with Crippen molar-refractivity contribution >= 4 is 17.7 Å². The third-order valence-corrected chi connectivity index (χ3v) is 3.62. The molecule has 24 heavy (non-hydrogen) atoms. The van der Waals surface area contributed by atoms with E-state index >= 15 is 0 Å². The molecule has 0 radical (unpaired) electrons. The lowest BCUT2D eigenvalue weighted by atomic mass is 10.0. The first-order chi connectivity index (χ1) is 11.6. The molecule has 0 bridgehead atoms. The van der Waals surface area contributed by atoms with Gasteiger partial charge in [0.25, 0.3) is 0 Å². The molecule has 0 aliphatic carbocycles. The summed E-state index contributed by atoms with van der Waals surface area (Å²) in [5, 5.41) is 2.95. The van der Waals surface area contributed by atoms with Crippen LogP contribution < -0.4 is 10.1 Å². The fraction of sp³-hybridized carbons (Fsp3) is 0.286. The molecular formula is C21H25NO2. The number of amides is 1. The van der Waals surface area contributed by atoms with E-state index in [9.17, 15) is 4.79 Å². The smallest absolute Gasteiger partial charge is 0.248 e. The molecule has 0 aliphatic heterocycles. The number of carbonyl (C=O) groups is 1. The summed E-state index contributed by atoms with van der Waals surface area (Å²) >= 11 is 0. The minimum absolute atomic E-state index is 0.130. The number of anilines is 1. The number of hydrogen-bond donors (Lipinski definition) is 1. The SMILES string of the molecule is CCCOc1ccc(/C=C/C(=O)Nc2ccccc2C(C)C)cc1. The van der Waals surface area contributed by atoms with Crippen LogP contribution in [0.1, 0.15) is 44.2 Å². The van der Waals surface area contributed by atoms with Crippen LogP contribution in [0.5, 0.6) is 5.75 Å². The summed E-state index contributed by atoms with van der Waals surface area (Å²) in [6, 6.07) is 15.6. The molecule has 0 saturated carbocycles. The number of ether oxygens (including phenoxy) is 1. The third kappa shape index (κ3) is 5.27. The van der Waals surface area contributed by atoms with Gasteiger partial charge in [0.2, 0.25) is 5.91 Å². The van der Waals surface area contributed by atoms with Gasteiger partial charge >= 0.3 is 0 Å². The first kappa shape index (κ1) is 17.8. The van der Waals surface area contributed by atoms with Crippen LogP contribution in [0.2, 0.25) is 0 Å². The van der Waals surface area contributed by atoms with Crippen molar-refractivity contribution in [3.05, 3.63) is 65.7 Å². The molecule has 1 N–H and O–H groups in total. The van der Waals surface area contributed by atoms with E-state index in [1.54, 1.807) is 12.2 Å². The summed E-state index contributed by atoms with van der Waals surface area (Å²) in [6.45, 7) is 7.02. The van der Waals surface area contributed by atoms with E-state index in [1.165, 1.54) is 0 Å². The molecule has 0 spiro atoms. The van der Waals surface area contributed by atoms with Crippen LogP contribution in [0.4, 0.5) is 5.69 Å². The monoisotopic (exact) mass is 323 g/mol.